The van der Waals surface area contributed by atoms with Crippen molar-refractivity contribution >= 4 is 33.7 Å². The maximum absolute atomic E-state index is 8.81. The van der Waals surface area contributed by atoms with Crippen LogP contribution in [0, 0.1) is 0 Å². The predicted molar refractivity (Wildman–Crippen MR) is 77.7 cm³/mol. The first-order chi connectivity index (χ1) is 8.36. The number of nitrogens with two attached hydrogens (primary N) is 1. The first-order valence-corrected chi connectivity index (χ1v) is 6.23. The maximum atomic E-state index is 8.81. The number of ether oxygens (including phenoxy) is 1. The Balaban J connectivity index is 0.000000873. The number of hydrogen-bond acceptors (Lipinski definition) is 5. The molecule has 0 aliphatic heterocycles. The van der Waals surface area contributed by atoms with E-state index < -0.39 is 0 Å². The van der Waals surface area contributed by atoms with Crippen LogP contribution in [0.4, 0.5) is 11.5 Å². The van der Waals surface area contributed by atoms with Crippen LogP contribution in [-0.2, 0) is 9.53 Å². The Bertz CT molecular complexity index is 384. The highest BCUT2D eigenvalue weighted by Gasteiger charge is 2.18. The Morgan fingerprint density at radius 2 is 2.17 bits per heavy atom. The van der Waals surface area contributed by atoms with Crippen LogP contribution in [0.15, 0.2) is 16.7 Å². The van der Waals surface area contributed by atoms with Gasteiger partial charge in [-0.1, -0.05) is 0 Å². The van der Waals surface area contributed by atoms with Gasteiger partial charge in [0.25, 0.3) is 0 Å². The third-order valence-electron chi connectivity index (χ3n) is 1.85. The van der Waals surface area contributed by atoms with Gasteiger partial charge in [0.05, 0.1) is 17.8 Å². The van der Waals surface area contributed by atoms with Gasteiger partial charge in [0.15, 0.2) is 0 Å². The summed E-state index contributed by atoms with van der Waals surface area (Å²) in [5.41, 5.74) is 6.26. The monoisotopic (exact) mass is 317 g/mol. The fourth-order valence-electron chi connectivity index (χ4n) is 1.28. The van der Waals surface area contributed by atoms with Crippen LogP contribution >= 0.6 is 15.9 Å². The molecule has 3 N–H and O–H groups in total. The second-order valence-corrected chi connectivity index (χ2v) is 5.18. The number of carbonyl (C=O) groups is 1. The number of aldehydes is 1. The molecule has 1 heterocycles. The zero-order chi connectivity index (χ0) is 14.2. The zero-order valence-corrected chi connectivity index (χ0v) is 12.7. The van der Waals surface area contributed by atoms with Crippen molar-refractivity contribution in [2.45, 2.75) is 26.3 Å². The normalized spacial score (nSPS) is 10.3. The summed E-state index contributed by atoms with van der Waals surface area (Å²) in [4.78, 5) is 13.0. The molecule has 0 saturated carbocycles. The third-order valence-corrected chi connectivity index (χ3v) is 2.28. The van der Waals surface area contributed by atoms with Crippen molar-refractivity contribution in [2.75, 3.05) is 24.8 Å². The lowest BCUT2D eigenvalue weighted by molar-refractivity contribution is -0.106. The van der Waals surface area contributed by atoms with E-state index in [0.29, 0.717) is 18.1 Å². The van der Waals surface area contributed by atoms with E-state index in [2.05, 4.69) is 26.2 Å². The van der Waals surface area contributed by atoms with Gasteiger partial charge in [0.1, 0.15) is 12.1 Å². The van der Waals surface area contributed by atoms with Crippen LogP contribution in [0.2, 0.25) is 0 Å². The number of hydrogen-bond donors (Lipinski definition) is 2. The lowest BCUT2D eigenvalue weighted by atomic mass is 10.1. The topological polar surface area (TPSA) is 77.2 Å². The van der Waals surface area contributed by atoms with Crippen LogP contribution in [-0.4, -0.2) is 30.5 Å². The van der Waals surface area contributed by atoms with Crippen molar-refractivity contribution < 1.29 is 9.53 Å². The van der Waals surface area contributed by atoms with Crippen LogP contribution < -0.4 is 11.1 Å². The van der Waals surface area contributed by atoms with Crippen molar-refractivity contribution in [3.05, 3.63) is 16.7 Å². The summed E-state index contributed by atoms with van der Waals surface area (Å²) in [6.07, 6.45) is 2.46. The second-order valence-electron chi connectivity index (χ2n) is 4.27. The molecule has 0 atom stereocenters. The summed E-state index contributed by atoms with van der Waals surface area (Å²) < 4.78 is 5.97. The average molecular weight is 318 g/mol. The summed E-state index contributed by atoms with van der Waals surface area (Å²) in [7, 11) is 1.67. The van der Waals surface area contributed by atoms with Gasteiger partial charge in [-0.25, -0.2) is 4.98 Å². The smallest absolute Gasteiger partial charge is 0.149 e. The van der Waals surface area contributed by atoms with Crippen LogP contribution in [0.25, 0.3) is 0 Å². The van der Waals surface area contributed by atoms with Crippen LogP contribution in [0.3, 0.4) is 0 Å². The highest BCUT2D eigenvalue weighted by Crippen LogP contribution is 2.22. The molecule has 0 radical (unpaired) electrons. The number of rotatable bonds is 4. The standard InChI is InChI=1S/C10H16BrN3O.C2H4O/c1-10(2,6-15-3)14-9-8(12)4-7(11)5-13-9;1-2-3/h4-5H,6,12H2,1-3H3,(H,13,14);2H,1H3. The summed E-state index contributed by atoms with van der Waals surface area (Å²) in [5, 5.41) is 3.23. The lowest BCUT2D eigenvalue weighted by Crippen LogP contribution is -2.36. The average Bonchev–Trinajstić information content (AvgIpc) is 2.23. The first kappa shape index (κ1) is 16.9. The van der Waals surface area contributed by atoms with E-state index in [1.165, 1.54) is 6.92 Å². The fourth-order valence-corrected chi connectivity index (χ4v) is 1.63. The van der Waals surface area contributed by atoms with Gasteiger partial charge in [-0.3, -0.25) is 0 Å². The molecule has 6 heteroatoms. The molecule has 0 aliphatic carbocycles. The molecule has 5 nitrogen and oxygen atoms in total. The van der Waals surface area contributed by atoms with Gasteiger partial charge < -0.3 is 20.6 Å². The molecule has 0 aliphatic rings. The van der Waals surface area contributed by atoms with Gasteiger partial charge in [-0.05, 0) is 42.8 Å². The molecule has 0 spiro atoms. The molecule has 0 saturated heterocycles. The number of nitrogens with zero attached hydrogens (tertiary/aromatic N) is 1. The number of carbonyl (C=O) groups excluding carboxylic acids is 1. The van der Waals surface area contributed by atoms with Crippen LogP contribution in [0.1, 0.15) is 20.8 Å². The minimum Gasteiger partial charge on any atom is -0.396 e. The molecule has 1 aromatic heterocycles. The van der Waals surface area contributed by atoms with Gasteiger partial charge >= 0.3 is 0 Å². The number of nitrogens with one attached hydrogen (secondary N) is 1. The van der Waals surface area contributed by atoms with Crippen LogP contribution in [0.5, 0.6) is 0 Å². The highest BCUT2D eigenvalue weighted by atomic mass is 79.9. The van der Waals surface area contributed by atoms with E-state index in [0.717, 1.165) is 10.8 Å². The minimum absolute atomic E-state index is 0.191. The number of anilines is 2. The summed E-state index contributed by atoms with van der Waals surface area (Å²) in [5.74, 6) is 0.681. The number of nitrogen functional groups attached to an aromatic ring is 1. The number of aromatic nitrogens is 1. The molecule has 18 heavy (non-hydrogen) atoms. The number of methoxy groups -OCH3 is 1. The Morgan fingerprint density at radius 3 is 2.61 bits per heavy atom. The molecule has 1 aromatic rings. The quantitative estimate of drug-likeness (QED) is 0.834. The van der Waals surface area contributed by atoms with E-state index in [1.807, 2.05) is 19.9 Å². The van der Waals surface area contributed by atoms with Crippen molar-refractivity contribution in [3.8, 4) is 0 Å². The largest absolute Gasteiger partial charge is 0.396 e. The summed E-state index contributed by atoms with van der Waals surface area (Å²) in [6, 6.07) is 1.82. The van der Waals surface area contributed by atoms with E-state index in [-0.39, 0.29) is 5.54 Å². The molecule has 102 valence electrons. The van der Waals surface area contributed by atoms with Crippen molar-refractivity contribution in [3.63, 3.8) is 0 Å². The van der Waals surface area contributed by atoms with E-state index in [1.54, 1.807) is 13.3 Å². The van der Waals surface area contributed by atoms with Gasteiger partial charge in [-0.2, -0.15) is 0 Å². The zero-order valence-electron chi connectivity index (χ0n) is 11.2. The molecule has 0 unspecified atom stereocenters. The molecule has 0 bridgehead atoms. The Morgan fingerprint density at radius 1 is 1.61 bits per heavy atom. The number of halogens is 1. The van der Waals surface area contributed by atoms with Gasteiger partial charge in [-0.15, -0.1) is 0 Å². The first-order valence-electron chi connectivity index (χ1n) is 5.44. The minimum atomic E-state index is -0.191. The molecule has 0 amide bonds. The van der Waals surface area contributed by atoms with Crippen molar-refractivity contribution in [1.82, 2.24) is 4.98 Å². The van der Waals surface area contributed by atoms with Crippen molar-refractivity contribution in [1.29, 1.82) is 0 Å². The molecule has 0 aromatic carbocycles. The summed E-state index contributed by atoms with van der Waals surface area (Å²) >= 11 is 3.31. The number of pyridine rings is 1. The van der Waals surface area contributed by atoms with E-state index >= 15 is 0 Å². The SMILES string of the molecule is CC=O.COCC(C)(C)Nc1ncc(Br)cc1N. The Labute approximate surface area is 116 Å². The summed E-state index contributed by atoms with van der Waals surface area (Å²) in [6.45, 7) is 6.09. The third kappa shape index (κ3) is 6.56. The van der Waals surface area contributed by atoms with Gasteiger partial charge in [0, 0.05) is 17.8 Å². The molecule has 0 fully saturated rings. The lowest BCUT2D eigenvalue weighted by Gasteiger charge is -2.26. The molecular formula is C12H20BrN3O2. The van der Waals surface area contributed by atoms with E-state index in [9.17, 15) is 0 Å². The second kappa shape index (κ2) is 8.05. The predicted octanol–water partition coefficient (Wildman–Crippen LogP) is 2.47. The van der Waals surface area contributed by atoms with Gasteiger partial charge in [0.2, 0.25) is 0 Å². The van der Waals surface area contributed by atoms with E-state index in [4.69, 9.17) is 15.3 Å². The highest BCUT2D eigenvalue weighted by molar-refractivity contribution is 9.10. The fraction of sp³-hybridized carbons (Fsp3) is 0.500. The Kier molecular flexibility index (Phi) is 7.54. The molecular weight excluding hydrogens is 298 g/mol. The Hall–Kier alpha value is -1.14. The maximum Gasteiger partial charge on any atom is 0.149 e. The van der Waals surface area contributed by atoms with Crippen molar-refractivity contribution in [2.24, 2.45) is 0 Å². The molecule has 1 rings (SSSR count).